The summed E-state index contributed by atoms with van der Waals surface area (Å²) in [5.41, 5.74) is 1.85. The van der Waals surface area contributed by atoms with Crippen LogP contribution < -0.4 is 9.47 Å². The molecule has 1 N–H and O–H groups in total. The van der Waals surface area contributed by atoms with Crippen LogP contribution in [0.3, 0.4) is 0 Å². The quantitative estimate of drug-likeness (QED) is 0.832. The van der Waals surface area contributed by atoms with Gasteiger partial charge in [-0.3, -0.25) is 0 Å². The Labute approximate surface area is 112 Å². The van der Waals surface area contributed by atoms with Crippen LogP contribution in [-0.4, -0.2) is 25.1 Å². The SMILES string of the molecule is COc1cc2c(c(C)c1O)C1CC=CCC1(OC)O2. The number of rotatable bonds is 2. The number of allylic oxidation sites excluding steroid dienone is 1. The molecule has 0 saturated carbocycles. The second-order valence-electron chi connectivity index (χ2n) is 5.05. The van der Waals surface area contributed by atoms with E-state index >= 15 is 0 Å². The van der Waals surface area contributed by atoms with Gasteiger partial charge in [-0.15, -0.1) is 0 Å². The van der Waals surface area contributed by atoms with Crippen molar-refractivity contribution in [2.24, 2.45) is 0 Å². The molecule has 1 aromatic carbocycles. The van der Waals surface area contributed by atoms with Crippen LogP contribution in [0.1, 0.15) is 29.9 Å². The first-order chi connectivity index (χ1) is 9.13. The topological polar surface area (TPSA) is 47.9 Å². The highest BCUT2D eigenvalue weighted by Crippen LogP contribution is 2.55. The summed E-state index contributed by atoms with van der Waals surface area (Å²) in [5.74, 6) is 0.859. The number of fused-ring (bicyclic) bond motifs is 3. The van der Waals surface area contributed by atoms with Crippen LogP contribution in [0.25, 0.3) is 0 Å². The summed E-state index contributed by atoms with van der Waals surface area (Å²) in [7, 11) is 3.21. The summed E-state index contributed by atoms with van der Waals surface area (Å²) in [6.45, 7) is 1.89. The number of hydrogen-bond donors (Lipinski definition) is 1. The van der Waals surface area contributed by atoms with Gasteiger partial charge in [0.15, 0.2) is 11.5 Å². The fourth-order valence-electron chi connectivity index (χ4n) is 3.14. The number of benzene rings is 1. The van der Waals surface area contributed by atoms with Crippen molar-refractivity contribution < 1.29 is 19.3 Å². The van der Waals surface area contributed by atoms with Gasteiger partial charge in [0.05, 0.1) is 13.0 Å². The highest BCUT2D eigenvalue weighted by Gasteiger charge is 2.50. The monoisotopic (exact) mass is 262 g/mol. The highest BCUT2D eigenvalue weighted by molar-refractivity contribution is 5.60. The molecule has 102 valence electrons. The smallest absolute Gasteiger partial charge is 0.221 e. The zero-order valence-electron chi connectivity index (χ0n) is 11.4. The normalized spacial score (nSPS) is 27.6. The largest absolute Gasteiger partial charge is 0.504 e. The lowest BCUT2D eigenvalue weighted by Gasteiger charge is -2.34. The van der Waals surface area contributed by atoms with Crippen molar-refractivity contribution in [1.29, 1.82) is 0 Å². The van der Waals surface area contributed by atoms with E-state index in [1.54, 1.807) is 13.2 Å². The number of phenolic OH excluding ortho intramolecular Hbond substituents is 1. The molecule has 4 heteroatoms. The van der Waals surface area contributed by atoms with Gasteiger partial charge in [-0.25, -0.2) is 0 Å². The van der Waals surface area contributed by atoms with Crippen LogP contribution >= 0.6 is 0 Å². The summed E-state index contributed by atoms with van der Waals surface area (Å²) in [5, 5.41) is 10.2. The minimum Gasteiger partial charge on any atom is -0.504 e. The van der Waals surface area contributed by atoms with Crippen LogP contribution in [0.15, 0.2) is 18.2 Å². The number of phenols is 1. The van der Waals surface area contributed by atoms with Gasteiger partial charge in [0.2, 0.25) is 5.79 Å². The van der Waals surface area contributed by atoms with E-state index in [1.807, 2.05) is 6.92 Å². The van der Waals surface area contributed by atoms with Crippen molar-refractivity contribution in [1.82, 2.24) is 0 Å². The van der Waals surface area contributed by atoms with Gasteiger partial charge in [0.25, 0.3) is 0 Å². The maximum absolute atomic E-state index is 10.2. The number of hydrogen-bond acceptors (Lipinski definition) is 4. The fraction of sp³-hybridized carbons (Fsp3) is 0.467. The third kappa shape index (κ3) is 1.56. The Morgan fingerprint density at radius 1 is 1.37 bits per heavy atom. The van der Waals surface area contributed by atoms with E-state index in [2.05, 4.69) is 12.2 Å². The maximum atomic E-state index is 10.2. The summed E-state index contributed by atoms with van der Waals surface area (Å²) < 4.78 is 16.9. The third-order valence-electron chi connectivity index (χ3n) is 4.19. The standard InChI is InChI=1S/C15H18O4/c1-9-13-10-6-4-5-7-15(10,18-3)19-11(13)8-12(17-2)14(9)16/h4-5,8,10,16H,6-7H2,1-3H3. The summed E-state index contributed by atoms with van der Waals surface area (Å²) in [6.07, 6.45) is 5.79. The third-order valence-corrected chi connectivity index (χ3v) is 4.19. The Kier molecular flexibility index (Phi) is 2.71. The zero-order valence-corrected chi connectivity index (χ0v) is 11.4. The van der Waals surface area contributed by atoms with Crippen LogP contribution in [0.5, 0.6) is 17.2 Å². The van der Waals surface area contributed by atoms with Crippen LogP contribution in [-0.2, 0) is 4.74 Å². The molecule has 1 heterocycles. The Balaban J connectivity index is 2.17. The lowest BCUT2D eigenvalue weighted by Crippen LogP contribution is -2.41. The second kappa shape index (κ2) is 4.17. The van der Waals surface area contributed by atoms with E-state index in [9.17, 15) is 5.11 Å². The minimum absolute atomic E-state index is 0.120. The average molecular weight is 262 g/mol. The summed E-state index contributed by atoms with van der Waals surface area (Å²) in [4.78, 5) is 0. The van der Waals surface area contributed by atoms with Crippen molar-refractivity contribution >= 4 is 0 Å². The molecule has 0 radical (unpaired) electrons. The lowest BCUT2D eigenvalue weighted by atomic mass is 9.82. The first-order valence-electron chi connectivity index (χ1n) is 6.42. The van der Waals surface area contributed by atoms with Crippen LogP contribution in [0.2, 0.25) is 0 Å². The van der Waals surface area contributed by atoms with E-state index in [1.165, 1.54) is 7.11 Å². The first kappa shape index (κ1) is 12.4. The Morgan fingerprint density at radius 2 is 2.16 bits per heavy atom. The molecular formula is C15H18O4. The molecule has 2 unspecified atom stereocenters. The van der Waals surface area contributed by atoms with E-state index < -0.39 is 5.79 Å². The molecule has 3 rings (SSSR count). The first-order valence-corrected chi connectivity index (χ1v) is 6.42. The van der Waals surface area contributed by atoms with Crippen molar-refractivity contribution in [2.75, 3.05) is 14.2 Å². The Morgan fingerprint density at radius 3 is 2.84 bits per heavy atom. The Bertz CT molecular complexity index is 550. The van der Waals surface area contributed by atoms with Gasteiger partial charge in [0, 0.05) is 30.7 Å². The van der Waals surface area contributed by atoms with Gasteiger partial charge in [0.1, 0.15) is 5.75 Å². The van der Waals surface area contributed by atoms with Crippen molar-refractivity contribution in [3.8, 4) is 17.2 Å². The van der Waals surface area contributed by atoms with Gasteiger partial charge in [-0.05, 0) is 13.3 Å². The minimum atomic E-state index is -0.638. The molecule has 0 fully saturated rings. The summed E-state index contributed by atoms with van der Waals surface area (Å²) in [6, 6.07) is 1.75. The molecule has 0 aromatic heterocycles. The molecule has 1 aliphatic carbocycles. The van der Waals surface area contributed by atoms with Gasteiger partial charge < -0.3 is 19.3 Å². The molecule has 0 saturated heterocycles. The molecule has 2 atom stereocenters. The van der Waals surface area contributed by atoms with Crippen molar-refractivity contribution in [2.45, 2.75) is 31.5 Å². The van der Waals surface area contributed by atoms with Crippen molar-refractivity contribution in [3.05, 3.63) is 29.3 Å². The zero-order chi connectivity index (χ0) is 13.6. The van der Waals surface area contributed by atoms with E-state index in [-0.39, 0.29) is 11.7 Å². The van der Waals surface area contributed by atoms with E-state index in [0.29, 0.717) is 12.2 Å². The van der Waals surface area contributed by atoms with Crippen molar-refractivity contribution in [3.63, 3.8) is 0 Å². The molecule has 0 spiro atoms. The van der Waals surface area contributed by atoms with E-state index in [4.69, 9.17) is 14.2 Å². The van der Waals surface area contributed by atoms with Gasteiger partial charge >= 0.3 is 0 Å². The average Bonchev–Trinajstić information content (AvgIpc) is 2.77. The lowest BCUT2D eigenvalue weighted by molar-refractivity contribution is -0.165. The molecule has 4 nitrogen and oxygen atoms in total. The van der Waals surface area contributed by atoms with Crippen LogP contribution in [0, 0.1) is 6.92 Å². The molecule has 0 bridgehead atoms. The van der Waals surface area contributed by atoms with Gasteiger partial charge in [-0.2, -0.15) is 0 Å². The maximum Gasteiger partial charge on any atom is 0.221 e. The van der Waals surface area contributed by atoms with E-state index in [0.717, 1.165) is 23.3 Å². The molecule has 1 aromatic rings. The highest BCUT2D eigenvalue weighted by atomic mass is 16.7. The molecule has 19 heavy (non-hydrogen) atoms. The number of aromatic hydroxyl groups is 1. The second-order valence-corrected chi connectivity index (χ2v) is 5.05. The molecule has 1 aliphatic heterocycles. The molecule has 2 aliphatic rings. The predicted octanol–water partition coefficient (Wildman–Crippen LogP) is 2.88. The predicted molar refractivity (Wildman–Crippen MR) is 70.9 cm³/mol. The molecule has 0 amide bonds. The number of methoxy groups -OCH3 is 2. The fourth-order valence-corrected chi connectivity index (χ4v) is 3.14. The Hall–Kier alpha value is -1.68. The van der Waals surface area contributed by atoms with Crippen LogP contribution in [0.4, 0.5) is 0 Å². The number of ether oxygens (including phenoxy) is 3. The molecular weight excluding hydrogens is 244 g/mol. The summed E-state index contributed by atoms with van der Waals surface area (Å²) >= 11 is 0. The van der Waals surface area contributed by atoms with Gasteiger partial charge in [-0.1, -0.05) is 12.2 Å².